The molecule has 0 saturated carbocycles. The minimum Gasteiger partial charge on any atom is -0.337 e. The Balaban J connectivity index is 1.82. The molecule has 3 atom stereocenters. The zero-order chi connectivity index (χ0) is 18.5. The molecule has 4 rings (SSSR count). The number of nitrogens with one attached hydrogen (secondary N) is 1. The molecular weight excluding hydrogens is 344 g/mol. The van der Waals surface area contributed by atoms with Crippen molar-refractivity contribution in [3.05, 3.63) is 59.2 Å². The van der Waals surface area contributed by atoms with Crippen molar-refractivity contribution in [2.45, 2.75) is 43.5 Å². The number of quaternary nitrogens is 1. The molecule has 4 nitrogen and oxygen atoms in total. The van der Waals surface area contributed by atoms with Gasteiger partial charge < -0.3 is 4.90 Å². The van der Waals surface area contributed by atoms with Crippen molar-refractivity contribution in [1.82, 2.24) is 0 Å². The van der Waals surface area contributed by atoms with Crippen LogP contribution in [0.5, 0.6) is 0 Å². The van der Waals surface area contributed by atoms with Crippen LogP contribution in [0.15, 0.2) is 47.4 Å². The largest absolute Gasteiger partial charge is 0.337 e. The molecule has 1 unspecified atom stereocenters. The minimum absolute atomic E-state index is 0.0337. The highest BCUT2D eigenvalue weighted by Crippen LogP contribution is 2.45. The number of likely N-dealkylation sites (N-methyl/N-ethyl adjacent to an activating group) is 1. The smallest absolute Gasteiger partial charge is 0.264 e. The van der Waals surface area contributed by atoms with Gasteiger partial charge in [-0.1, -0.05) is 36.8 Å². The van der Waals surface area contributed by atoms with Crippen molar-refractivity contribution >= 4 is 15.7 Å². The van der Waals surface area contributed by atoms with Crippen LogP contribution in [0.25, 0.3) is 0 Å². The van der Waals surface area contributed by atoms with Gasteiger partial charge in [0.2, 0.25) is 0 Å². The number of hydrogen-bond donors (Lipinski definition) is 1. The third kappa shape index (κ3) is 2.74. The highest BCUT2D eigenvalue weighted by Gasteiger charge is 2.48. The predicted molar refractivity (Wildman–Crippen MR) is 104 cm³/mol. The first-order chi connectivity index (χ1) is 12.4. The van der Waals surface area contributed by atoms with Crippen LogP contribution in [0.3, 0.4) is 0 Å². The Bertz CT molecular complexity index is 922. The van der Waals surface area contributed by atoms with Gasteiger partial charge in [-0.05, 0) is 42.7 Å². The molecule has 2 aromatic carbocycles. The lowest BCUT2D eigenvalue weighted by Crippen LogP contribution is -3.11. The molecule has 0 bridgehead atoms. The second-order valence-corrected chi connectivity index (χ2v) is 9.55. The van der Waals surface area contributed by atoms with Crippen molar-refractivity contribution in [2.75, 3.05) is 24.4 Å². The van der Waals surface area contributed by atoms with E-state index < -0.39 is 10.0 Å². The molecule has 26 heavy (non-hydrogen) atoms. The summed E-state index contributed by atoms with van der Waals surface area (Å²) in [7, 11) is -1.35. The highest BCUT2D eigenvalue weighted by molar-refractivity contribution is 7.92. The van der Waals surface area contributed by atoms with Crippen molar-refractivity contribution < 1.29 is 13.3 Å². The SMILES string of the molecule is CCc1ccc(S(=O)(=O)N2c3ccc(C)cc3[C@H]3C[NH+](C)CC[C@@H]32)cc1. The van der Waals surface area contributed by atoms with Gasteiger partial charge in [0.25, 0.3) is 10.0 Å². The fraction of sp³-hybridized carbons (Fsp3) is 0.429. The summed E-state index contributed by atoms with van der Waals surface area (Å²) in [6.45, 7) is 6.15. The molecule has 1 fully saturated rings. The maximum Gasteiger partial charge on any atom is 0.264 e. The van der Waals surface area contributed by atoms with Crippen LogP contribution < -0.4 is 9.21 Å². The van der Waals surface area contributed by atoms with Gasteiger partial charge in [0.15, 0.2) is 0 Å². The van der Waals surface area contributed by atoms with E-state index in [2.05, 4.69) is 27.0 Å². The molecule has 0 radical (unpaired) electrons. The van der Waals surface area contributed by atoms with Crippen molar-refractivity contribution in [3.63, 3.8) is 0 Å². The zero-order valence-corrected chi connectivity index (χ0v) is 16.5. The zero-order valence-electron chi connectivity index (χ0n) is 15.7. The number of fused-ring (bicyclic) bond motifs is 3. The fourth-order valence-corrected chi connectivity index (χ4v) is 6.22. The molecule has 0 spiro atoms. The van der Waals surface area contributed by atoms with Crippen molar-refractivity contribution in [2.24, 2.45) is 0 Å². The monoisotopic (exact) mass is 371 g/mol. The van der Waals surface area contributed by atoms with Gasteiger partial charge in [-0.25, -0.2) is 8.42 Å². The Kier molecular flexibility index (Phi) is 4.32. The van der Waals surface area contributed by atoms with E-state index in [9.17, 15) is 8.42 Å². The first-order valence-electron chi connectivity index (χ1n) is 9.47. The molecule has 0 aliphatic carbocycles. The second-order valence-electron chi connectivity index (χ2n) is 7.73. The average Bonchev–Trinajstić information content (AvgIpc) is 2.95. The van der Waals surface area contributed by atoms with Gasteiger partial charge >= 0.3 is 0 Å². The number of anilines is 1. The number of piperidine rings is 1. The lowest BCUT2D eigenvalue weighted by atomic mass is 9.89. The predicted octanol–water partition coefficient (Wildman–Crippen LogP) is 2.14. The van der Waals surface area contributed by atoms with E-state index in [-0.39, 0.29) is 12.0 Å². The number of hydrogen-bond acceptors (Lipinski definition) is 2. The van der Waals surface area contributed by atoms with Crippen LogP contribution in [-0.2, 0) is 16.4 Å². The third-order valence-electron chi connectivity index (χ3n) is 5.91. The van der Waals surface area contributed by atoms with E-state index in [1.165, 1.54) is 16.0 Å². The van der Waals surface area contributed by atoms with E-state index in [0.29, 0.717) is 4.90 Å². The van der Waals surface area contributed by atoms with E-state index in [0.717, 1.165) is 37.2 Å². The standard InChI is InChI=1S/C21H26N2O2S/c1-4-16-6-8-17(9-7-16)26(24,25)23-20-10-5-15(2)13-18(20)19-14-22(3)12-11-21(19)23/h5-10,13,19,21H,4,11-12,14H2,1-3H3/p+1/t19-,21+/m1/s1. The number of sulfonamides is 1. The Morgan fingerprint density at radius 3 is 2.58 bits per heavy atom. The number of likely N-dealkylation sites (tertiary alicyclic amines) is 1. The summed E-state index contributed by atoms with van der Waals surface area (Å²) in [6, 6.07) is 13.6. The number of rotatable bonds is 3. The molecule has 0 aromatic heterocycles. The lowest BCUT2D eigenvalue weighted by Gasteiger charge is -2.34. The molecule has 1 saturated heterocycles. The molecule has 2 heterocycles. The molecule has 0 amide bonds. The normalized spacial score (nSPS) is 25.0. The van der Waals surface area contributed by atoms with E-state index in [1.807, 2.05) is 24.3 Å². The van der Waals surface area contributed by atoms with Crippen LogP contribution in [0.1, 0.15) is 36.0 Å². The highest BCUT2D eigenvalue weighted by atomic mass is 32.2. The number of aryl methyl sites for hydroxylation is 2. The number of benzene rings is 2. The van der Waals surface area contributed by atoms with Gasteiger partial charge in [0, 0.05) is 6.42 Å². The Hall–Kier alpha value is -1.85. The lowest BCUT2D eigenvalue weighted by molar-refractivity contribution is -0.886. The summed E-state index contributed by atoms with van der Waals surface area (Å²) < 4.78 is 28.8. The van der Waals surface area contributed by atoms with Crippen LogP contribution >= 0.6 is 0 Å². The van der Waals surface area contributed by atoms with Crippen molar-refractivity contribution in [1.29, 1.82) is 0 Å². The summed E-state index contributed by atoms with van der Waals surface area (Å²) >= 11 is 0. The molecule has 1 N–H and O–H groups in total. The first-order valence-corrected chi connectivity index (χ1v) is 10.9. The second kappa shape index (κ2) is 6.39. The first kappa shape index (κ1) is 17.6. The molecule has 2 aliphatic heterocycles. The Morgan fingerprint density at radius 2 is 1.88 bits per heavy atom. The quantitative estimate of drug-likeness (QED) is 0.898. The maximum absolute atomic E-state index is 13.5. The van der Waals surface area contributed by atoms with Gasteiger partial charge in [-0.2, -0.15) is 0 Å². The third-order valence-corrected chi connectivity index (χ3v) is 7.76. The molecule has 2 aromatic rings. The van der Waals surface area contributed by atoms with E-state index in [4.69, 9.17) is 0 Å². The topological polar surface area (TPSA) is 41.8 Å². The molecule has 5 heteroatoms. The fourth-order valence-electron chi connectivity index (χ4n) is 4.48. The molecular formula is C21H27N2O2S+. The molecule has 138 valence electrons. The maximum atomic E-state index is 13.5. The Morgan fingerprint density at radius 1 is 1.15 bits per heavy atom. The molecule has 2 aliphatic rings. The van der Waals surface area contributed by atoms with Crippen LogP contribution in [0.4, 0.5) is 5.69 Å². The summed E-state index contributed by atoms with van der Waals surface area (Å²) in [4.78, 5) is 1.87. The van der Waals surface area contributed by atoms with Gasteiger partial charge in [-0.15, -0.1) is 0 Å². The Labute approximate surface area is 156 Å². The summed E-state index contributed by atoms with van der Waals surface area (Å²) in [6.07, 6.45) is 1.81. The minimum atomic E-state index is -3.55. The van der Waals surface area contributed by atoms with E-state index >= 15 is 0 Å². The average molecular weight is 372 g/mol. The van der Waals surface area contributed by atoms with Crippen molar-refractivity contribution in [3.8, 4) is 0 Å². The van der Waals surface area contributed by atoms with Gasteiger partial charge in [-0.3, -0.25) is 4.31 Å². The van der Waals surface area contributed by atoms with Crippen LogP contribution in [-0.4, -0.2) is 34.6 Å². The van der Waals surface area contributed by atoms with Gasteiger partial charge in [0.05, 0.1) is 42.7 Å². The number of nitrogens with zero attached hydrogens (tertiary/aromatic N) is 1. The van der Waals surface area contributed by atoms with E-state index in [1.54, 1.807) is 16.4 Å². The summed E-state index contributed by atoms with van der Waals surface area (Å²) in [5.74, 6) is 0.281. The van der Waals surface area contributed by atoms with Crippen LogP contribution in [0, 0.1) is 6.92 Å². The summed E-state index contributed by atoms with van der Waals surface area (Å²) in [5, 5.41) is 0. The van der Waals surface area contributed by atoms with Gasteiger partial charge in [0.1, 0.15) is 0 Å². The summed E-state index contributed by atoms with van der Waals surface area (Å²) in [5.41, 5.74) is 4.42. The van der Waals surface area contributed by atoms with Crippen LogP contribution in [0.2, 0.25) is 0 Å².